The lowest BCUT2D eigenvalue weighted by atomic mass is 9.95. The smallest absolute Gasteiger partial charge is 0.414 e. The fourth-order valence-corrected chi connectivity index (χ4v) is 3.56. The number of allylic oxidation sites excluding steroid dienone is 1. The number of hydrogen-bond acceptors (Lipinski definition) is 4. The van der Waals surface area contributed by atoms with Gasteiger partial charge in [0.1, 0.15) is 5.60 Å². The van der Waals surface area contributed by atoms with Crippen molar-refractivity contribution in [3.63, 3.8) is 0 Å². The van der Waals surface area contributed by atoms with Crippen LogP contribution < -0.4 is 0 Å². The van der Waals surface area contributed by atoms with Gasteiger partial charge in [-0.3, -0.25) is 9.58 Å². The van der Waals surface area contributed by atoms with Crippen LogP contribution in [0.3, 0.4) is 0 Å². The molecule has 0 aromatic carbocycles. The molecule has 1 aliphatic carbocycles. The van der Waals surface area contributed by atoms with Crippen LogP contribution in [0.2, 0.25) is 0 Å². The van der Waals surface area contributed by atoms with E-state index in [-0.39, 0.29) is 6.09 Å². The second-order valence-electron chi connectivity index (χ2n) is 9.14. The molecule has 3 rings (SSSR count). The van der Waals surface area contributed by atoms with Gasteiger partial charge in [-0.05, 0) is 63.2 Å². The van der Waals surface area contributed by atoms with Gasteiger partial charge in [-0.15, -0.1) is 0 Å². The van der Waals surface area contributed by atoms with Crippen molar-refractivity contribution in [2.75, 3.05) is 19.8 Å². The molecular weight excluding hydrogens is 354 g/mol. The fraction of sp³-hybridized carbons (Fsp3) is 0.636. The van der Waals surface area contributed by atoms with E-state index in [1.54, 1.807) is 4.90 Å². The van der Waals surface area contributed by atoms with E-state index in [9.17, 15) is 4.79 Å². The highest BCUT2D eigenvalue weighted by Crippen LogP contribution is 2.31. The number of ether oxygens (including phenoxy) is 2. The first kappa shape index (κ1) is 20.6. The third-order valence-corrected chi connectivity index (χ3v) is 4.95. The van der Waals surface area contributed by atoms with Gasteiger partial charge in [0, 0.05) is 25.0 Å². The van der Waals surface area contributed by atoms with Crippen molar-refractivity contribution in [1.29, 1.82) is 0 Å². The van der Waals surface area contributed by atoms with Gasteiger partial charge in [-0.25, -0.2) is 4.79 Å². The quantitative estimate of drug-likeness (QED) is 0.742. The summed E-state index contributed by atoms with van der Waals surface area (Å²) in [6.45, 7) is 16.2. The van der Waals surface area contributed by atoms with Crippen molar-refractivity contribution < 1.29 is 14.3 Å². The molecule has 0 N–H and O–H groups in total. The fourth-order valence-electron chi connectivity index (χ4n) is 3.56. The first-order valence-corrected chi connectivity index (χ1v) is 10.2. The molecule has 1 fully saturated rings. The molecule has 1 aliphatic heterocycles. The molecule has 0 radical (unpaired) electrons. The highest BCUT2D eigenvalue weighted by atomic mass is 16.6. The van der Waals surface area contributed by atoms with Crippen molar-refractivity contribution in [2.45, 2.75) is 65.5 Å². The minimum Gasteiger partial charge on any atom is -0.443 e. The molecule has 6 heteroatoms. The lowest BCUT2D eigenvalue weighted by Crippen LogP contribution is -2.38. The van der Waals surface area contributed by atoms with Crippen LogP contribution in [0, 0.1) is 5.92 Å². The number of hydrogen-bond donors (Lipinski definition) is 0. The van der Waals surface area contributed by atoms with Crippen molar-refractivity contribution in [3.05, 3.63) is 35.3 Å². The molecule has 2 heterocycles. The van der Waals surface area contributed by atoms with Crippen molar-refractivity contribution in [2.24, 2.45) is 5.92 Å². The number of carbonyl (C=O) groups is 1. The first-order chi connectivity index (χ1) is 13.1. The Kier molecular flexibility index (Phi) is 5.98. The average Bonchev–Trinajstić information content (AvgIpc) is 3.25. The van der Waals surface area contributed by atoms with Gasteiger partial charge in [0.05, 0.1) is 18.3 Å². The zero-order valence-electron chi connectivity index (χ0n) is 17.8. The van der Waals surface area contributed by atoms with Gasteiger partial charge in [-0.2, -0.15) is 5.10 Å². The third-order valence-electron chi connectivity index (χ3n) is 4.95. The summed E-state index contributed by atoms with van der Waals surface area (Å²) >= 11 is 0. The minimum atomic E-state index is -0.539. The van der Waals surface area contributed by atoms with Crippen LogP contribution in [0.1, 0.15) is 64.8 Å². The van der Waals surface area contributed by atoms with E-state index in [0.29, 0.717) is 24.2 Å². The molecule has 154 valence electrons. The van der Waals surface area contributed by atoms with Crippen molar-refractivity contribution >= 4 is 12.2 Å². The predicted molar refractivity (Wildman–Crippen MR) is 110 cm³/mol. The monoisotopic (exact) mass is 387 g/mol. The van der Waals surface area contributed by atoms with Gasteiger partial charge in [0.25, 0.3) is 0 Å². The molecule has 1 amide bonds. The Morgan fingerprint density at radius 3 is 2.79 bits per heavy atom. The van der Waals surface area contributed by atoms with E-state index in [2.05, 4.69) is 32.7 Å². The average molecular weight is 388 g/mol. The van der Waals surface area contributed by atoms with Crippen LogP contribution in [-0.4, -0.2) is 46.1 Å². The van der Waals surface area contributed by atoms with Crippen molar-refractivity contribution in [1.82, 2.24) is 14.7 Å². The Morgan fingerprint density at radius 1 is 1.43 bits per heavy atom. The second-order valence-corrected chi connectivity index (χ2v) is 9.14. The van der Waals surface area contributed by atoms with Gasteiger partial charge in [-0.1, -0.05) is 20.4 Å². The standard InChI is InChI=1S/C22H33N3O3/c1-15(2)12-24(21(26)28-22(4,5)6)16(3)17-7-8-18-13-25(23-20(18)11-17)19-9-10-27-14-19/h11,13,15,19H,3,7-10,12,14H2,1-2,4-6H3. The number of nitrogens with zero attached hydrogens (tertiary/aromatic N) is 3. The molecule has 1 saturated heterocycles. The maximum Gasteiger partial charge on any atom is 0.414 e. The van der Waals surface area contributed by atoms with Crippen LogP contribution >= 0.6 is 0 Å². The van der Waals surface area contributed by atoms with E-state index in [0.717, 1.165) is 43.7 Å². The number of aromatic nitrogens is 2. The van der Waals surface area contributed by atoms with Crippen LogP contribution in [0.15, 0.2) is 24.0 Å². The largest absolute Gasteiger partial charge is 0.443 e. The summed E-state index contributed by atoms with van der Waals surface area (Å²) in [5.74, 6) is 0.311. The summed E-state index contributed by atoms with van der Waals surface area (Å²) in [5.41, 5.74) is 3.45. The Balaban J connectivity index is 1.81. The molecule has 28 heavy (non-hydrogen) atoms. The lowest BCUT2D eigenvalue weighted by molar-refractivity contribution is 0.0300. The maximum atomic E-state index is 12.8. The molecule has 6 nitrogen and oxygen atoms in total. The van der Waals surface area contributed by atoms with E-state index < -0.39 is 5.60 Å². The molecule has 1 unspecified atom stereocenters. The maximum absolute atomic E-state index is 12.8. The SMILES string of the molecule is C=C(C1=Cc2nn(C3CCOC3)cc2CC1)N(CC(C)C)C(=O)OC(C)(C)C. The first-order valence-electron chi connectivity index (χ1n) is 10.2. The van der Waals surface area contributed by atoms with Gasteiger partial charge >= 0.3 is 6.09 Å². The van der Waals surface area contributed by atoms with Crippen LogP contribution in [-0.2, 0) is 15.9 Å². The number of amides is 1. The Morgan fingerprint density at radius 2 is 2.18 bits per heavy atom. The zero-order valence-corrected chi connectivity index (χ0v) is 17.8. The summed E-state index contributed by atoms with van der Waals surface area (Å²) in [6, 6.07) is 0.324. The van der Waals surface area contributed by atoms with Crippen LogP contribution in [0.5, 0.6) is 0 Å². The van der Waals surface area contributed by atoms with E-state index in [1.807, 2.05) is 25.5 Å². The van der Waals surface area contributed by atoms with Crippen LogP contribution in [0.25, 0.3) is 6.08 Å². The summed E-state index contributed by atoms with van der Waals surface area (Å²) in [5, 5.41) is 4.77. The van der Waals surface area contributed by atoms with Gasteiger partial charge < -0.3 is 9.47 Å². The Bertz CT molecular complexity index is 764. The minimum absolute atomic E-state index is 0.311. The third kappa shape index (κ3) is 4.85. The van der Waals surface area contributed by atoms with E-state index >= 15 is 0 Å². The van der Waals surface area contributed by atoms with E-state index in [4.69, 9.17) is 14.6 Å². The van der Waals surface area contributed by atoms with E-state index in [1.165, 1.54) is 5.56 Å². The Labute approximate surface area is 168 Å². The molecule has 1 aromatic heterocycles. The van der Waals surface area contributed by atoms with Gasteiger partial charge in [0.15, 0.2) is 0 Å². The molecule has 2 aliphatic rings. The number of rotatable bonds is 5. The van der Waals surface area contributed by atoms with Gasteiger partial charge in [0.2, 0.25) is 0 Å². The number of aryl methyl sites for hydroxylation is 1. The number of carbonyl (C=O) groups excluding carboxylic acids is 1. The molecule has 0 saturated carbocycles. The molecular formula is C22H33N3O3. The summed E-state index contributed by atoms with van der Waals surface area (Å²) < 4.78 is 13.1. The van der Waals surface area contributed by atoms with Crippen LogP contribution in [0.4, 0.5) is 4.79 Å². The molecule has 1 atom stereocenters. The zero-order chi connectivity index (χ0) is 20.5. The lowest BCUT2D eigenvalue weighted by Gasteiger charge is -2.31. The normalized spacial score (nSPS) is 19.4. The highest BCUT2D eigenvalue weighted by molar-refractivity contribution is 5.73. The molecule has 0 bridgehead atoms. The topological polar surface area (TPSA) is 56.6 Å². The molecule has 0 spiro atoms. The summed E-state index contributed by atoms with van der Waals surface area (Å²) in [4.78, 5) is 14.5. The summed E-state index contributed by atoms with van der Waals surface area (Å²) in [7, 11) is 0. The predicted octanol–water partition coefficient (Wildman–Crippen LogP) is 4.58. The molecule has 1 aromatic rings. The Hall–Kier alpha value is -2.08. The highest BCUT2D eigenvalue weighted by Gasteiger charge is 2.28. The van der Waals surface area contributed by atoms with Crippen molar-refractivity contribution in [3.8, 4) is 0 Å². The number of fused-ring (bicyclic) bond motifs is 1. The second kappa shape index (κ2) is 8.11. The summed E-state index contributed by atoms with van der Waals surface area (Å²) in [6.07, 6.45) is 6.63.